The highest BCUT2D eigenvalue weighted by atomic mass is 79.9. The molecule has 1 aliphatic rings. The minimum Gasteiger partial charge on any atom is -0.439 e. The van der Waals surface area contributed by atoms with Gasteiger partial charge in [0.05, 0.1) is 12.7 Å². The minimum atomic E-state index is 0.674. The molecule has 0 amide bonds. The van der Waals surface area contributed by atoms with Crippen molar-refractivity contribution < 1.29 is 4.42 Å². The topological polar surface area (TPSA) is 38.1 Å². The number of benzene rings is 1. The molecule has 18 heavy (non-hydrogen) atoms. The summed E-state index contributed by atoms with van der Waals surface area (Å²) in [7, 11) is 0. The lowest BCUT2D eigenvalue weighted by molar-refractivity contribution is 0.476. The molecule has 1 fully saturated rings. The number of rotatable bonds is 4. The number of oxazole rings is 1. The number of aromatic nitrogens is 1. The summed E-state index contributed by atoms with van der Waals surface area (Å²) < 4.78 is 6.88. The third kappa shape index (κ3) is 2.49. The van der Waals surface area contributed by atoms with Crippen molar-refractivity contribution in [2.24, 2.45) is 0 Å². The molecule has 1 aromatic carbocycles. The molecular formula is C14H15BrN2O. The van der Waals surface area contributed by atoms with E-state index in [2.05, 4.69) is 39.2 Å². The molecule has 2 aromatic rings. The molecule has 1 aromatic heterocycles. The Morgan fingerprint density at radius 2 is 2.28 bits per heavy atom. The maximum atomic E-state index is 5.79. The van der Waals surface area contributed by atoms with Crippen LogP contribution < -0.4 is 5.32 Å². The van der Waals surface area contributed by atoms with Crippen LogP contribution in [0, 0.1) is 6.92 Å². The SMILES string of the molecule is Cc1c(Br)cccc1-c1cnc(CNC2CC2)o1. The van der Waals surface area contributed by atoms with Crippen LogP contribution in [0.25, 0.3) is 11.3 Å². The van der Waals surface area contributed by atoms with E-state index in [0.717, 1.165) is 28.2 Å². The summed E-state index contributed by atoms with van der Waals surface area (Å²) in [4.78, 5) is 4.32. The maximum Gasteiger partial charge on any atom is 0.208 e. The van der Waals surface area contributed by atoms with Gasteiger partial charge in [-0.05, 0) is 31.4 Å². The summed E-state index contributed by atoms with van der Waals surface area (Å²) in [5.41, 5.74) is 2.27. The zero-order valence-corrected chi connectivity index (χ0v) is 11.8. The fourth-order valence-electron chi connectivity index (χ4n) is 1.91. The van der Waals surface area contributed by atoms with E-state index in [1.807, 2.05) is 12.1 Å². The zero-order valence-electron chi connectivity index (χ0n) is 10.2. The first-order valence-electron chi connectivity index (χ1n) is 6.17. The Labute approximate surface area is 115 Å². The molecule has 0 bridgehead atoms. The fourth-order valence-corrected chi connectivity index (χ4v) is 2.28. The number of nitrogens with one attached hydrogen (secondary N) is 1. The highest BCUT2D eigenvalue weighted by Gasteiger charge is 2.21. The molecule has 0 unspecified atom stereocenters. The normalized spacial score (nSPS) is 15.0. The summed E-state index contributed by atoms with van der Waals surface area (Å²) in [6, 6.07) is 6.77. The summed E-state index contributed by atoms with van der Waals surface area (Å²) >= 11 is 3.53. The van der Waals surface area contributed by atoms with E-state index in [4.69, 9.17) is 4.42 Å². The smallest absolute Gasteiger partial charge is 0.208 e. The molecule has 0 aliphatic heterocycles. The van der Waals surface area contributed by atoms with Gasteiger partial charge in [-0.2, -0.15) is 0 Å². The van der Waals surface area contributed by atoms with E-state index in [9.17, 15) is 0 Å². The van der Waals surface area contributed by atoms with Gasteiger partial charge in [-0.25, -0.2) is 4.98 Å². The molecule has 1 heterocycles. The van der Waals surface area contributed by atoms with Crippen molar-refractivity contribution in [3.05, 3.63) is 40.3 Å². The molecule has 3 rings (SSSR count). The Balaban J connectivity index is 1.80. The Kier molecular flexibility index (Phi) is 3.22. The molecule has 1 saturated carbocycles. The van der Waals surface area contributed by atoms with Gasteiger partial charge in [-0.15, -0.1) is 0 Å². The Morgan fingerprint density at radius 3 is 3.06 bits per heavy atom. The Hall–Kier alpha value is -1.13. The predicted molar refractivity (Wildman–Crippen MR) is 74.2 cm³/mol. The number of nitrogens with zero attached hydrogens (tertiary/aromatic N) is 1. The van der Waals surface area contributed by atoms with E-state index >= 15 is 0 Å². The van der Waals surface area contributed by atoms with Crippen LogP contribution in [0.2, 0.25) is 0 Å². The first-order chi connectivity index (χ1) is 8.74. The number of halogens is 1. The van der Waals surface area contributed by atoms with Crippen LogP contribution in [0.3, 0.4) is 0 Å². The van der Waals surface area contributed by atoms with Crippen LogP contribution in [-0.2, 0) is 6.54 Å². The van der Waals surface area contributed by atoms with Crippen LogP contribution in [0.15, 0.2) is 33.3 Å². The molecule has 0 atom stereocenters. The van der Waals surface area contributed by atoms with Gasteiger partial charge in [0, 0.05) is 16.1 Å². The maximum absolute atomic E-state index is 5.79. The van der Waals surface area contributed by atoms with Crippen LogP contribution >= 0.6 is 15.9 Å². The van der Waals surface area contributed by atoms with Gasteiger partial charge in [-0.1, -0.05) is 28.1 Å². The lowest BCUT2D eigenvalue weighted by Crippen LogP contribution is -2.15. The highest BCUT2D eigenvalue weighted by Crippen LogP contribution is 2.29. The van der Waals surface area contributed by atoms with Gasteiger partial charge in [-0.3, -0.25) is 0 Å². The predicted octanol–water partition coefficient (Wildman–Crippen LogP) is 3.66. The summed E-state index contributed by atoms with van der Waals surface area (Å²) in [5, 5.41) is 3.40. The average molecular weight is 307 g/mol. The summed E-state index contributed by atoms with van der Waals surface area (Å²) in [6.45, 7) is 2.79. The average Bonchev–Trinajstić information content (AvgIpc) is 3.08. The molecular weight excluding hydrogens is 292 g/mol. The second-order valence-corrected chi connectivity index (χ2v) is 5.54. The van der Waals surface area contributed by atoms with E-state index in [1.165, 1.54) is 18.4 Å². The van der Waals surface area contributed by atoms with Crippen molar-refractivity contribution in [2.45, 2.75) is 32.4 Å². The Bertz CT molecular complexity index is 561. The van der Waals surface area contributed by atoms with Gasteiger partial charge >= 0.3 is 0 Å². The molecule has 4 heteroatoms. The third-order valence-electron chi connectivity index (χ3n) is 3.21. The monoisotopic (exact) mass is 306 g/mol. The lowest BCUT2D eigenvalue weighted by atomic mass is 10.1. The zero-order chi connectivity index (χ0) is 12.5. The first kappa shape index (κ1) is 11.9. The van der Waals surface area contributed by atoms with Crippen LogP contribution in [0.4, 0.5) is 0 Å². The van der Waals surface area contributed by atoms with E-state index in [0.29, 0.717) is 6.04 Å². The Morgan fingerprint density at radius 1 is 1.44 bits per heavy atom. The quantitative estimate of drug-likeness (QED) is 0.936. The van der Waals surface area contributed by atoms with Crippen molar-refractivity contribution in [2.75, 3.05) is 0 Å². The van der Waals surface area contributed by atoms with Crippen LogP contribution in [0.1, 0.15) is 24.3 Å². The standard InChI is InChI=1S/C14H15BrN2O/c1-9-11(3-2-4-12(9)15)13-7-17-14(18-13)8-16-10-5-6-10/h2-4,7,10,16H,5-6,8H2,1H3. The van der Waals surface area contributed by atoms with Gasteiger partial charge < -0.3 is 9.73 Å². The molecule has 1 aliphatic carbocycles. The highest BCUT2D eigenvalue weighted by molar-refractivity contribution is 9.10. The van der Waals surface area contributed by atoms with Crippen LogP contribution in [0.5, 0.6) is 0 Å². The molecule has 0 spiro atoms. The van der Waals surface area contributed by atoms with E-state index < -0.39 is 0 Å². The van der Waals surface area contributed by atoms with Crippen molar-refractivity contribution in [3.8, 4) is 11.3 Å². The first-order valence-corrected chi connectivity index (χ1v) is 6.97. The fraction of sp³-hybridized carbons (Fsp3) is 0.357. The van der Waals surface area contributed by atoms with Gasteiger partial charge in [0.15, 0.2) is 5.76 Å². The molecule has 0 radical (unpaired) electrons. The van der Waals surface area contributed by atoms with Crippen LogP contribution in [-0.4, -0.2) is 11.0 Å². The molecule has 0 saturated heterocycles. The van der Waals surface area contributed by atoms with Crippen molar-refractivity contribution >= 4 is 15.9 Å². The minimum absolute atomic E-state index is 0.674. The molecule has 1 N–H and O–H groups in total. The van der Waals surface area contributed by atoms with Crippen molar-refractivity contribution in [1.82, 2.24) is 10.3 Å². The molecule has 94 valence electrons. The number of hydrogen-bond donors (Lipinski definition) is 1. The van der Waals surface area contributed by atoms with Gasteiger partial charge in [0.25, 0.3) is 0 Å². The van der Waals surface area contributed by atoms with Gasteiger partial charge in [0.2, 0.25) is 5.89 Å². The number of hydrogen-bond acceptors (Lipinski definition) is 3. The van der Waals surface area contributed by atoms with Gasteiger partial charge in [0.1, 0.15) is 0 Å². The molecule has 3 nitrogen and oxygen atoms in total. The van der Waals surface area contributed by atoms with Crippen molar-refractivity contribution in [3.63, 3.8) is 0 Å². The summed E-state index contributed by atoms with van der Waals surface area (Å²) in [5.74, 6) is 1.60. The van der Waals surface area contributed by atoms with Crippen molar-refractivity contribution in [1.29, 1.82) is 0 Å². The van der Waals surface area contributed by atoms with E-state index in [-0.39, 0.29) is 0 Å². The summed E-state index contributed by atoms with van der Waals surface area (Å²) in [6.07, 6.45) is 4.36. The van der Waals surface area contributed by atoms with E-state index in [1.54, 1.807) is 6.20 Å². The lowest BCUT2D eigenvalue weighted by Gasteiger charge is -2.03. The third-order valence-corrected chi connectivity index (χ3v) is 4.07. The second kappa shape index (κ2) is 4.86. The largest absolute Gasteiger partial charge is 0.439 e. The second-order valence-electron chi connectivity index (χ2n) is 4.69.